The molecule has 0 spiro atoms. The van der Waals surface area contributed by atoms with Gasteiger partial charge in [-0.1, -0.05) is 0 Å². The van der Waals surface area contributed by atoms with E-state index in [1.807, 2.05) is 19.9 Å². The second kappa shape index (κ2) is 4.33. The van der Waals surface area contributed by atoms with Crippen molar-refractivity contribution in [2.45, 2.75) is 26.3 Å². The van der Waals surface area contributed by atoms with Crippen LogP contribution in [0.1, 0.15) is 18.1 Å². The van der Waals surface area contributed by atoms with Crippen molar-refractivity contribution in [3.8, 4) is 11.5 Å². The SMILES string of the molecule is COc1cc(C)c(O)c(CC(C)N)c1. The lowest BCUT2D eigenvalue weighted by molar-refractivity contribution is 0.409. The van der Waals surface area contributed by atoms with Crippen LogP contribution in [0.4, 0.5) is 0 Å². The van der Waals surface area contributed by atoms with Crippen molar-refractivity contribution in [2.75, 3.05) is 7.11 Å². The number of hydrogen-bond donors (Lipinski definition) is 2. The van der Waals surface area contributed by atoms with Crippen LogP contribution in [0.3, 0.4) is 0 Å². The average molecular weight is 195 g/mol. The molecule has 3 N–H and O–H groups in total. The molecule has 1 unspecified atom stereocenters. The summed E-state index contributed by atoms with van der Waals surface area (Å²) < 4.78 is 5.12. The summed E-state index contributed by atoms with van der Waals surface area (Å²) in [6.07, 6.45) is 0.657. The molecule has 0 saturated heterocycles. The summed E-state index contributed by atoms with van der Waals surface area (Å²) >= 11 is 0. The molecule has 0 aliphatic carbocycles. The van der Waals surface area contributed by atoms with Crippen molar-refractivity contribution < 1.29 is 9.84 Å². The number of rotatable bonds is 3. The molecule has 1 aromatic carbocycles. The first-order chi connectivity index (χ1) is 6.54. The third kappa shape index (κ3) is 2.39. The molecular formula is C11H17NO2. The number of aryl methyl sites for hydroxylation is 1. The van der Waals surface area contributed by atoms with E-state index in [0.29, 0.717) is 12.2 Å². The summed E-state index contributed by atoms with van der Waals surface area (Å²) in [5, 5.41) is 9.76. The molecule has 0 bridgehead atoms. The van der Waals surface area contributed by atoms with Gasteiger partial charge in [0.1, 0.15) is 11.5 Å². The zero-order valence-electron chi connectivity index (χ0n) is 8.87. The minimum atomic E-state index is 0.0346. The second-order valence-electron chi connectivity index (χ2n) is 3.63. The van der Waals surface area contributed by atoms with Gasteiger partial charge in [-0.3, -0.25) is 0 Å². The fourth-order valence-corrected chi connectivity index (χ4v) is 1.44. The van der Waals surface area contributed by atoms with Crippen LogP contribution < -0.4 is 10.5 Å². The Morgan fingerprint density at radius 2 is 2.14 bits per heavy atom. The zero-order chi connectivity index (χ0) is 10.7. The molecule has 0 heterocycles. The van der Waals surface area contributed by atoms with E-state index in [2.05, 4.69) is 0 Å². The predicted octanol–water partition coefficient (Wildman–Crippen LogP) is 1.60. The number of ether oxygens (including phenoxy) is 1. The summed E-state index contributed by atoms with van der Waals surface area (Å²) in [6, 6.07) is 3.67. The molecule has 0 saturated carbocycles. The molecule has 0 aliphatic heterocycles. The minimum Gasteiger partial charge on any atom is -0.507 e. The Balaban J connectivity index is 3.07. The van der Waals surface area contributed by atoms with E-state index in [0.717, 1.165) is 16.9 Å². The van der Waals surface area contributed by atoms with E-state index >= 15 is 0 Å². The highest BCUT2D eigenvalue weighted by molar-refractivity contribution is 5.46. The zero-order valence-corrected chi connectivity index (χ0v) is 8.87. The van der Waals surface area contributed by atoms with Gasteiger partial charge in [0.15, 0.2) is 0 Å². The Bertz CT molecular complexity index is 321. The maximum absolute atomic E-state index is 9.76. The van der Waals surface area contributed by atoms with Gasteiger partial charge in [0.2, 0.25) is 0 Å². The highest BCUT2D eigenvalue weighted by atomic mass is 16.5. The van der Waals surface area contributed by atoms with Gasteiger partial charge in [-0.2, -0.15) is 0 Å². The Kier molecular flexibility index (Phi) is 3.36. The standard InChI is InChI=1S/C11H17NO2/c1-7-4-10(14-3)6-9(11(7)13)5-8(2)12/h4,6,8,13H,5,12H2,1-3H3. The number of nitrogens with two attached hydrogens (primary N) is 1. The smallest absolute Gasteiger partial charge is 0.121 e. The van der Waals surface area contributed by atoms with Crippen molar-refractivity contribution in [1.29, 1.82) is 0 Å². The molecule has 3 nitrogen and oxygen atoms in total. The Labute approximate surface area is 84.5 Å². The van der Waals surface area contributed by atoms with Gasteiger partial charge in [0.25, 0.3) is 0 Å². The van der Waals surface area contributed by atoms with Crippen LogP contribution in [-0.4, -0.2) is 18.3 Å². The Hall–Kier alpha value is -1.22. The Morgan fingerprint density at radius 1 is 1.50 bits per heavy atom. The molecule has 1 rings (SSSR count). The second-order valence-corrected chi connectivity index (χ2v) is 3.63. The first kappa shape index (κ1) is 10.9. The van der Waals surface area contributed by atoms with Crippen LogP contribution in [-0.2, 0) is 6.42 Å². The van der Waals surface area contributed by atoms with Crippen LogP contribution >= 0.6 is 0 Å². The lowest BCUT2D eigenvalue weighted by atomic mass is 10.0. The van der Waals surface area contributed by atoms with Crippen molar-refractivity contribution >= 4 is 0 Å². The first-order valence-electron chi connectivity index (χ1n) is 4.66. The molecule has 0 amide bonds. The maximum atomic E-state index is 9.76. The van der Waals surface area contributed by atoms with Gasteiger partial charge in [-0.05, 0) is 43.5 Å². The number of aromatic hydroxyl groups is 1. The van der Waals surface area contributed by atoms with Crippen molar-refractivity contribution in [3.63, 3.8) is 0 Å². The fourth-order valence-electron chi connectivity index (χ4n) is 1.44. The lowest BCUT2D eigenvalue weighted by Gasteiger charge is -2.11. The third-order valence-corrected chi connectivity index (χ3v) is 2.13. The third-order valence-electron chi connectivity index (χ3n) is 2.13. The quantitative estimate of drug-likeness (QED) is 0.770. The van der Waals surface area contributed by atoms with Crippen LogP contribution in [0.5, 0.6) is 11.5 Å². The molecule has 0 aliphatic rings. The molecule has 78 valence electrons. The van der Waals surface area contributed by atoms with Gasteiger partial charge < -0.3 is 15.6 Å². The van der Waals surface area contributed by atoms with Gasteiger partial charge >= 0.3 is 0 Å². The van der Waals surface area contributed by atoms with Gasteiger partial charge in [-0.25, -0.2) is 0 Å². The molecule has 0 fully saturated rings. The van der Waals surface area contributed by atoms with Gasteiger partial charge in [0.05, 0.1) is 7.11 Å². The average Bonchev–Trinajstić information content (AvgIpc) is 2.11. The van der Waals surface area contributed by atoms with Crippen molar-refractivity contribution in [3.05, 3.63) is 23.3 Å². The summed E-state index contributed by atoms with van der Waals surface area (Å²) in [4.78, 5) is 0. The van der Waals surface area contributed by atoms with Crippen LogP contribution in [0.2, 0.25) is 0 Å². The van der Waals surface area contributed by atoms with E-state index in [1.54, 1.807) is 13.2 Å². The highest BCUT2D eigenvalue weighted by Gasteiger charge is 2.08. The normalized spacial score (nSPS) is 12.6. The summed E-state index contributed by atoms with van der Waals surface area (Å²) in [6.45, 7) is 3.76. The number of phenols is 1. The molecule has 1 atom stereocenters. The van der Waals surface area contributed by atoms with E-state index in [4.69, 9.17) is 10.5 Å². The first-order valence-corrected chi connectivity index (χ1v) is 4.66. The van der Waals surface area contributed by atoms with Gasteiger partial charge in [-0.15, -0.1) is 0 Å². The van der Waals surface area contributed by atoms with E-state index in [1.165, 1.54) is 0 Å². The molecule has 3 heteroatoms. The summed E-state index contributed by atoms with van der Waals surface area (Å²) in [5.41, 5.74) is 7.35. The molecule has 0 aromatic heterocycles. The monoisotopic (exact) mass is 195 g/mol. The Morgan fingerprint density at radius 3 is 2.64 bits per heavy atom. The number of methoxy groups -OCH3 is 1. The molecular weight excluding hydrogens is 178 g/mol. The number of benzene rings is 1. The van der Waals surface area contributed by atoms with E-state index in [-0.39, 0.29) is 6.04 Å². The summed E-state index contributed by atoms with van der Waals surface area (Å²) in [7, 11) is 1.61. The van der Waals surface area contributed by atoms with Crippen molar-refractivity contribution in [1.82, 2.24) is 0 Å². The summed E-state index contributed by atoms with van der Waals surface area (Å²) in [5.74, 6) is 1.08. The van der Waals surface area contributed by atoms with Crippen LogP contribution in [0.15, 0.2) is 12.1 Å². The predicted molar refractivity (Wildman–Crippen MR) is 56.7 cm³/mol. The maximum Gasteiger partial charge on any atom is 0.121 e. The van der Waals surface area contributed by atoms with E-state index in [9.17, 15) is 5.11 Å². The van der Waals surface area contributed by atoms with Gasteiger partial charge in [0, 0.05) is 6.04 Å². The fraction of sp³-hybridized carbons (Fsp3) is 0.455. The van der Waals surface area contributed by atoms with E-state index < -0.39 is 0 Å². The molecule has 0 radical (unpaired) electrons. The molecule has 14 heavy (non-hydrogen) atoms. The van der Waals surface area contributed by atoms with Crippen molar-refractivity contribution in [2.24, 2.45) is 5.73 Å². The van der Waals surface area contributed by atoms with Crippen LogP contribution in [0.25, 0.3) is 0 Å². The van der Waals surface area contributed by atoms with Crippen LogP contribution in [0, 0.1) is 6.92 Å². The largest absolute Gasteiger partial charge is 0.507 e. The topological polar surface area (TPSA) is 55.5 Å². The minimum absolute atomic E-state index is 0.0346. The number of phenolic OH excluding ortho intramolecular Hbond substituents is 1. The molecule has 1 aromatic rings. The lowest BCUT2D eigenvalue weighted by Crippen LogP contribution is -2.17. The highest BCUT2D eigenvalue weighted by Crippen LogP contribution is 2.28. The number of hydrogen-bond acceptors (Lipinski definition) is 3.